The molecule has 1 unspecified atom stereocenters. The Balaban J connectivity index is 2.00. The zero-order chi connectivity index (χ0) is 13.0. The summed E-state index contributed by atoms with van der Waals surface area (Å²) in [5.41, 5.74) is 9.71. The summed E-state index contributed by atoms with van der Waals surface area (Å²) < 4.78 is 0. The summed E-state index contributed by atoms with van der Waals surface area (Å²) in [7, 11) is 2.12. The molecule has 1 aromatic carbocycles. The Labute approximate surface area is 113 Å². The van der Waals surface area contributed by atoms with Crippen molar-refractivity contribution in [3.8, 4) is 0 Å². The molecule has 0 aliphatic rings. The van der Waals surface area contributed by atoms with Crippen LogP contribution in [0.5, 0.6) is 0 Å². The minimum absolute atomic E-state index is 0.222. The summed E-state index contributed by atoms with van der Waals surface area (Å²) in [5.74, 6) is 0. The normalized spacial score (nSPS) is 12.4. The molecule has 3 heteroatoms. The van der Waals surface area contributed by atoms with E-state index in [0.29, 0.717) is 0 Å². The monoisotopic (exact) mass is 260 g/mol. The van der Waals surface area contributed by atoms with E-state index < -0.39 is 0 Å². The van der Waals surface area contributed by atoms with Gasteiger partial charge in [0.2, 0.25) is 0 Å². The van der Waals surface area contributed by atoms with E-state index in [0.717, 1.165) is 13.0 Å². The Morgan fingerprint density at radius 2 is 1.89 bits per heavy atom. The van der Waals surface area contributed by atoms with Crippen molar-refractivity contribution in [2.45, 2.75) is 25.9 Å². The van der Waals surface area contributed by atoms with Gasteiger partial charge >= 0.3 is 0 Å². The van der Waals surface area contributed by atoms with Gasteiger partial charge < -0.3 is 10.6 Å². The second kappa shape index (κ2) is 6.03. The van der Waals surface area contributed by atoms with Gasteiger partial charge in [-0.15, -0.1) is 0 Å². The molecule has 0 spiro atoms. The van der Waals surface area contributed by atoms with Crippen LogP contribution in [0.2, 0.25) is 0 Å². The predicted molar refractivity (Wildman–Crippen MR) is 80.2 cm³/mol. The number of rotatable bonds is 5. The molecule has 2 N–H and O–H groups in total. The quantitative estimate of drug-likeness (QED) is 0.894. The summed E-state index contributed by atoms with van der Waals surface area (Å²) in [4.78, 5) is 2.26. The van der Waals surface area contributed by atoms with Gasteiger partial charge in [-0.25, -0.2) is 0 Å². The number of nitrogens with zero attached hydrogens (tertiary/aromatic N) is 1. The van der Waals surface area contributed by atoms with E-state index in [2.05, 4.69) is 53.0 Å². The molecule has 0 saturated heterocycles. The number of thiophene rings is 1. The van der Waals surface area contributed by atoms with Crippen molar-refractivity contribution in [1.29, 1.82) is 0 Å². The highest BCUT2D eigenvalue weighted by molar-refractivity contribution is 7.07. The minimum atomic E-state index is 0.222. The lowest BCUT2D eigenvalue weighted by Crippen LogP contribution is -2.18. The standard InChI is InChI=1S/C15H20N2S/c1-12(16)9-13-3-5-15(6-4-13)17(2)10-14-7-8-18-11-14/h3-8,11-12H,9-10,16H2,1-2H3. The molecule has 0 saturated carbocycles. The molecule has 2 nitrogen and oxygen atoms in total. The summed E-state index contributed by atoms with van der Waals surface area (Å²) in [5, 5.41) is 4.32. The molecule has 1 heterocycles. The van der Waals surface area contributed by atoms with E-state index >= 15 is 0 Å². The average Bonchev–Trinajstić information content (AvgIpc) is 2.82. The fraction of sp³-hybridized carbons (Fsp3) is 0.333. The van der Waals surface area contributed by atoms with Crippen molar-refractivity contribution < 1.29 is 0 Å². The zero-order valence-electron chi connectivity index (χ0n) is 11.0. The Bertz CT molecular complexity index is 460. The lowest BCUT2D eigenvalue weighted by atomic mass is 10.1. The Kier molecular flexibility index (Phi) is 4.39. The maximum atomic E-state index is 5.80. The molecule has 0 aliphatic heterocycles. The second-order valence-corrected chi connectivity index (χ2v) is 5.62. The molecular formula is C15H20N2S. The average molecular weight is 260 g/mol. The molecular weight excluding hydrogens is 240 g/mol. The second-order valence-electron chi connectivity index (χ2n) is 4.84. The Morgan fingerprint density at radius 1 is 1.17 bits per heavy atom. The fourth-order valence-electron chi connectivity index (χ4n) is 2.01. The molecule has 2 rings (SSSR count). The number of anilines is 1. The van der Waals surface area contributed by atoms with E-state index in [1.807, 2.05) is 6.92 Å². The molecule has 1 atom stereocenters. The number of hydrogen-bond donors (Lipinski definition) is 1. The predicted octanol–water partition coefficient (Wildman–Crippen LogP) is 3.27. The first kappa shape index (κ1) is 13.1. The maximum absolute atomic E-state index is 5.80. The number of hydrogen-bond acceptors (Lipinski definition) is 3. The zero-order valence-corrected chi connectivity index (χ0v) is 11.8. The largest absolute Gasteiger partial charge is 0.370 e. The van der Waals surface area contributed by atoms with Crippen LogP contribution in [-0.4, -0.2) is 13.1 Å². The molecule has 96 valence electrons. The molecule has 0 bridgehead atoms. The molecule has 0 fully saturated rings. The van der Waals surface area contributed by atoms with Crippen molar-refractivity contribution >= 4 is 17.0 Å². The SMILES string of the molecule is CC(N)Cc1ccc(N(C)Cc2ccsc2)cc1. The van der Waals surface area contributed by atoms with E-state index in [4.69, 9.17) is 5.73 Å². The van der Waals surface area contributed by atoms with Gasteiger partial charge in [-0.2, -0.15) is 11.3 Å². The third-order valence-corrected chi connectivity index (χ3v) is 3.67. The van der Waals surface area contributed by atoms with Crippen LogP contribution < -0.4 is 10.6 Å². The van der Waals surface area contributed by atoms with Crippen molar-refractivity contribution in [2.75, 3.05) is 11.9 Å². The fourth-order valence-corrected chi connectivity index (χ4v) is 2.67. The van der Waals surface area contributed by atoms with E-state index in [1.165, 1.54) is 16.8 Å². The van der Waals surface area contributed by atoms with Crippen LogP contribution in [0.15, 0.2) is 41.1 Å². The van der Waals surface area contributed by atoms with Gasteiger partial charge in [0.05, 0.1) is 0 Å². The summed E-state index contributed by atoms with van der Waals surface area (Å²) in [6.07, 6.45) is 0.939. The van der Waals surface area contributed by atoms with Crippen LogP contribution in [0.25, 0.3) is 0 Å². The Hall–Kier alpha value is -1.32. The highest BCUT2D eigenvalue weighted by Crippen LogP contribution is 2.18. The molecule has 1 aromatic heterocycles. The Morgan fingerprint density at radius 3 is 2.44 bits per heavy atom. The highest BCUT2D eigenvalue weighted by atomic mass is 32.1. The van der Waals surface area contributed by atoms with Gasteiger partial charge in [-0.3, -0.25) is 0 Å². The van der Waals surface area contributed by atoms with Gasteiger partial charge in [0.25, 0.3) is 0 Å². The third-order valence-electron chi connectivity index (χ3n) is 2.93. The van der Waals surface area contributed by atoms with Gasteiger partial charge in [-0.05, 0) is 53.4 Å². The highest BCUT2D eigenvalue weighted by Gasteiger charge is 2.03. The minimum Gasteiger partial charge on any atom is -0.370 e. The molecule has 18 heavy (non-hydrogen) atoms. The first-order valence-corrected chi connectivity index (χ1v) is 7.16. The van der Waals surface area contributed by atoms with Crippen LogP contribution >= 0.6 is 11.3 Å². The molecule has 0 radical (unpaired) electrons. The van der Waals surface area contributed by atoms with Crippen molar-refractivity contribution in [3.05, 3.63) is 52.2 Å². The summed E-state index contributed by atoms with van der Waals surface area (Å²) in [6, 6.07) is 11.1. The number of benzene rings is 1. The lowest BCUT2D eigenvalue weighted by Gasteiger charge is -2.19. The van der Waals surface area contributed by atoms with E-state index in [1.54, 1.807) is 11.3 Å². The van der Waals surface area contributed by atoms with E-state index in [9.17, 15) is 0 Å². The van der Waals surface area contributed by atoms with Gasteiger partial charge in [-0.1, -0.05) is 12.1 Å². The van der Waals surface area contributed by atoms with Crippen molar-refractivity contribution in [1.82, 2.24) is 0 Å². The lowest BCUT2D eigenvalue weighted by molar-refractivity contribution is 0.738. The topological polar surface area (TPSA) is 29.3 Å². The van der Waals surface area contributed by atoms with Crippen LogP contribution in [0.1, 0.15) is 18.1 Å². The van der Waals surface area contributed by atoms with E-state index in [-0.39, 0.29) is 6.04 Å². The van der Waals surface area contributed by atoms with Crippen LogP contribution in [0.4, 0.5) is 5.69 Å². The smallest absolute Gasteiger partial charge is 0.0434 e. The van der Waals surface area contributed by atoms with Gasteiger partial charge in [0, 0.05) is 25.3 Å². The first-order valence-electron chi connectivity index (χ1n) is 6.22. The summed E-state index contributed by atoms with van der Waals surface area (Å²) >= 11 is 1.75. The van der Waals surface area contributed by atoms with Crippen LogP contribution in [-0.2, 0) is 13.0 Å². The van der Waals surface area contributed by atoms with Crippen LogP contribution in [0.3, 0.4) is 0 Å². The van der Waals surface area contributed by atoms with Crippen molar-refractivity contribution in [3.63, 3.8) is 0 Å². The van der Waals surface area contributed by atoms with Crippen molar-refractivity contribution in [2.24, 2.45) is 5.73 Å². The number of nitrogens with two attached hydrogens (primary N) is 1. The molecule has 0 amide bonds. The van der Waals surface area contributed by atoms with Crippen LogP contribution in [0, 0.1) is 0 Å². The molecule has 0 aliphatic carbocycles. The third kappa shape index (κ3) is 3.59. The summed E-state index contributed by atoms with van der Waals surface area (Å²) in [6.45, 7) is 2.99. The maximum Gasteiger partial charge on any atom is 0.0434 e. The van der Waals surface area contributed by atoms with Gasteiger partial charge in [0.1, 0.15) is 0 Å². The first-order chi connectivity index (χ1) is 8.65. The molecule has 2 aromatic rings. The van der Waals surface area contributed by atoms with Gasteiger partial charge in [0.15, 0.2) is 0 Å².